The minimum Gasteiger partial charge on any atom is -0.493 e. The van der Waals surface area contributed by atoms with E-state index in [9.17, 15) is 9.59 Å². The fraction of sp³-hybridized carbons (Fsp3) is 0.167. The maximum atomic E-state index is 12.8. The molecule has 2 amide bonds. The van der Waals surface area contributed by atoms with Gasteiger partial charge in [-0.25, -0.2) is 9.97 Å². The molecule has 238 valence electrons. The van der Waals surface area contributed by atoms with Gasteiger partial charge in [0.15, 0.2) is 11.5 Å². The van der Waals surface area contributed by atoms with Crippen LogP contribution in [0.5, 0.6) is 23.1 Å². The number of aromatic nitrogens is 2. The summed E-state index contributed by atoms with van der Waals surface area (Å²) in [6.07, 6.45) is 1.41. The molecule has 0 bridgehead atoms. The van der Waals surface area contributed by atoms with Gasteiger partial charge in [0.05, 0.1) is 35.0 Å². The van der Waals surface area contributed by atoms with Crippen molar-refractivity contribution < 1.29 is 28.2 Å². The number of carbonyl (C=O) groups excluding carboxylic acids is 2. The predicted octanol–water partition coefficient (Wildman–Crippen LogP) is 7.04. The summed E-state index contributed by atoms with van der Waals surface area (Å²) in [6.45, 7) is 5.78. The molecule has 0 saturated carbocycles. The van der Waals surface area contributed by atoms with Gasteiger partial charge in [0.2, 0.25) is 5.88 Å². The number of aryl methyl sites for hydroxylation is 1. The highest BCUT2D eigenvalue weighted by atomic mass is 16.5. The number of nitrogens with two attached hydrogens (primary N) is 1. The van der Waals surface area contributed by atoms with E-state index in [0.29, 0.717) is 73.3 Å². The number of hydrogen-bond acceptors (Lipinski definition) is 9. The summed E-state index contributed by atoms with van der Waals surface area (Å²) in [5, 5.41) is 7.03. The van der Waals surface area contributed by atoms with Gasteiger partial charge in [0, 0.05) is 29.1 Å². The second-order valence-electron chi connectivity index (χ2n) is 11.1. The molecule has 0 aliphatic carbocycles. The average Bonchev–Trinajstić information content (AvgIpc) is 3.39. The Bertz CT molecular complexity index is 2110. The summed E-state index contributed by atoms with van der Waals surface area (Å²) in [5.41, 5.74) is 9.92. The van der Waals surface area contributed by atoms with Crippen molar-refractivity contribution in [1.29, 1.82) is 0 Å². The normalized spacial score (nSPS) is 11.1. The summed E-state index contributed by atoms with van der Waals surface area (Å²) in [4.78, 5) is 34.2. The Labute approximate surface area is 270 Å². The molecule has 0 aliphatic rings. The van der Waals surface area contributed by atoms with Crippen molar-refractivity contribution in [2.45, 2.75) is 33.4 Å². The quantitative estimate of drug-likeness (QED) is 0.135. The molecule has 4 aromatic carbocycles. The topological polar surface area (TPSA) is 151 Å². The number of nitrogens with zero attached hydrogens (tertiary/aromatic N) is 2. The molecule has 4 N–H and O–H groups in total. The number of nitrogens with one attached hydrogen (secondary N) is 2. The maximum Gasteiger partial charge on any atom is 0.255 e. The molecule has 11 nitrogen and oxygen atoms in total. The Morgan fingerprint density at radius 1 is 0.915 bits per heavy atom. The fourth-order valence-electron chi connectivity index (χ4n) is 5.10. The first kappa shape index (κ1) is 30.9. The lowest BCUT2D eigenvalue weighted by atomic mass is 10.1. The van der Waals surface area contributed by atoms with Crippen LogP contribution >= 0.6 is 0 Å². The molecular formula is C36H33N5O6. The first-order valence-corrected chi connectivity index (χ1v) is 14.9. The highest BCUT2D eigenvalue weighted by Gasteiger charge is 2.20. The largest absolute Gasteiger partial charge is 0.493 e. The van der Waals surface area contributed by atoms with Gasteiger partial charge in [-0.05, 0) is 68.8 Å². The smallest absolute Gasteiger partial charge is 0.255 e. The standard InChI is InChI=1S/C36H33N5O6/c1-20(2)40-35(43)33-21(3)46-30-15-24(13-14-25(30)33)47-36-26-16-32(31(44-4)17-29(26)38-19-39-36)45-18-22-9-11-23(12-10-22)34(42)41-28-8-6-5-7-27(28)37/h5-17,19-20H,18,37H2,1-4H3,(H,40,43)(H,41,42). The monoisotopic (exact) mass is 631 g/mol. The number of hydrogen-bond donors (Lipinski definition) is 3. The highest BCUT2D eigenvalue weighted by Crippen LogP contribution is 2.37. The number of benzene rings is 4. The molecule has 0 radical (unpaired) electrons. The molecule has 0 spiro atoms. The lowest BCUT2D eigenvalue weighted by molar-refractivity contribution is 0.0942. The third-order valence-corrected chi connectivity index (χ3v) is 7.40. The zero-order valence-electron chi connectivity index (χ0n) is 26.3. The Balaban J connectivity index is 1.20. The average molecular weight is 632 g/mol. The van der Waals surface area contributed by atoms with Gasteiger partial charge in [-0.3, -0.25) is 9.59 Å². The Kier molecular flexibility index (Phi) is 8.61. The number of methoxy groups -OCH3 is 1. The minimum atomic E-state index is -0.266. The third kappa shape index (κ3) is 6.64. The van der Waals surface area contributed by atoms with E-state index in [1.165, 1.54) is 6.33 Å². The first-order valence-electron chi connectivity index (χ1n) is 14.9. The van der Waals surface area contributed by atoms with Crippen molar-refractivity contribution in [2.24, 2.45) is 0 Å². The minimum absolute atomic E-state index is 0.00684. The molecule has 6 rings (SSSR count). The van der Waals surface area contributed by atoms with Gasteiger partial charge in [0.25, 0.3) is 11.8 Å². The van der Waals surface area contributed by atoms with Crippen molar-refractivity contribution >= 4 is 45.1 Å². The highest BCUT2D eigenvalue weighted by molar-refractivity contribution is 6.07. The van der Waals surface area contributed by atoms with Crippen molar-refractivity contribution in [3.05, 3.63) is 108 Å². The van der Waals surface area contributed by atoms with Crippen LogP contribution in [0.1, 0.15) is 45.9 Å². The van der Waals surface area contributed by atoms with Crippen LogP contribution < -0.4 is 30.6 Å². The van der Waals surface area contributed by atoms with E-state index < -0.39 is 0 Å². The lowest BCUT2D eigenvalue weighted by Crippen LogP contribution is -2.30. The molecule has 0 unspecified atom stereocenters. The molecule has 0 atom stereocenters. The van der Waals surface area contributed by atoms with Gasteiger partial charge in [-0.2, -0.15) is 0 Å². The van der Waals surface area contributed by atoms with E-state index in [1.807, 2.05) is 26.0 Å². The van der Waals surface area contributed by atoms with Gasteiger partial charge in [-0.1, -0.05) is 24.3 Å². The third-order valence-electron chi connectivity index (χ3n) is 7.40. The summed E-state index contributed by atoms with van der Waals surface area (Å²) in [7, 11) is 1.55. The number of amides is 2. The van der Waals surface area contributed by atoms with Crippen LogP contribution in [0.2, 0.25) is 0 Å². The Morgan fingerprint density at radius 3 is 2.45 bits per heavy atom. The zero-order valence-corrected chi connectivity index (χ0v) is 26.3. The molecule has 2 heterocycles. The summed E-state index contributed by atoms with van der Waals surface area (Å²) in [5.74, 6) is 1.78. The van der Waals surface area contributed by atoms with Crippen LogP contribution in [0.3, 0.4) is 0 Å². The summed E-state index contributed by atoms with van der Waals surface area (Å²) < 4.78 is 23.8. The Hall–Kier alpha value is -6.10. The van der Waals surface area contributed by atoms with E-state index in [-0.39, 0.29) is 24.5 Å². The predicted molar refractivity (Wildman–Crippen MR) is 179 cm³/mol. The summed E-state index contributed by atoms with van der Waals surface area (Å²) in [6, 6.07) is 23.0. The fourth-order valence-corrected chi connectivity index (χ4v) is 5.10. The first-order chi connectivity index (χ1) is 22.7. The molecule has 0 aliphatic heterocycles. The van der Waals surface area contributed by atoms with Crippen LogP contribution in [0.4, 0.5) is 11.4 Å². The lowest BCUT2D eigenvalue weighted by Gasteiger charge is -2.14. The second kappa shape index (κ2) is 13.1. The number of ether oxygens (including phenoxy) is 3. The molecule has 6 aromatic rings. The number of anilines is 2. The van der Waals surface area contributed by atoms with E-state index in [2.05, 4.69) is 20.6 Å². The van der Waals surface area contributed by atoms with Crippen molar-refractivity contribution in [3.63, 3.8) is 0 Å². The van der Waals surface area contributed by atoms with Gasteiger partial charge < -0.3 is 35.0 Å². The van der Waals surface area contributed by atoms with Crippen LogP contribution in [0.25, 0.3) is 21.9 Å². The van der Waals surface area contributed by atoms with E-state index in [4.69, 9.17) is 24.4 Å². The van der Waals surface area contributed by atoms with E-state index in [1.54, 1.807) is 80.8 Å². The second-order valence-corrected chi connectivity index (χ2v) is 11.1. The Morgan fingerprint density at radius 2 is 1.70 bits per heavy atom. The van der Waals surface area contributed by atoms with Crippen LogP contribution in [0, 0.1) is 6.92 Å². The number of fused-ring (bicyclic) bond motifs is 2. The van der Waals surface area contributed by atoms with Crippen molar-refractivity contribution in [2.75, 3.05) is 18.2 Å². The number of nitrogen functional groups attached to an aromatic ring is 1. The number of carbonyl (C=O) groups is 2. The summed E-state index contributed by atoms with van der Waals surface area (Å²) >= 11 is 0. The zero-order chi connectivity index (χ0) is 33.1. The molecule has 11 heteroatoms. The van der Waals surface area contributed by atoms with Crippen molar-refractivity contribution in [1.82, 2.24) is 15.3 Å². The number of para-hydroxylation sites is 2. The molecule has 2 aromatic heterocycles. The maximum absolute atomic E-state index is 12.8. The number of furan rings is 1. The van der Waals surface area contributed by atoms with E-state index >= 15 is 0 Å². The van der Waals surface area contributed by atoms with Gasteiger partial charge >= 0.3 is 0 Å². The van der Waals surface area contributed by atoms with E-state index in [0.717, 1.165) is 5.56 Å². The van der Waals surface area contributed by atoms with Crippen LogP contribution in [-0.2, 0) is 6.61 Å². The van der Waals surface area contributed by atoms with Gasteiger partial charge in [-0.15, -0.1) is 0 Å². The molecule has 47 heavy (non-hydrogen) atoms. The van der Waals surface area contributed by atoms with Gasteiger partial charge in [0.1, 0.15) is 30.0 Å². The number of rotatable bonds is 10. The van der Waals surface area contributed by atoms with Crippen LogP contribution in [0.15, 0.2) is 89.6 Å². The molecule has 0 fully saturated rings. The van der Waals surface area contributed by atoms with Crippen molar-refractivity contribution in [3.8, 4) is 23.1 Å². The molecular weight excluding hydrogens is 598 g/mol. The molecule has 0 saturated heterocycles. The van der Waals surface area contributed by atoms with Crippen LogP contribution in [-0.4, -0.2) is 34.9 Å². The SMILES string of the molecule is COc1cc2ncnc(Oc3ccc4c(C(=O)NC(C)C)c(C)oc4c3)c2cc1OCc1ccc(C(=O)Nc2ccccc2N)cc1.